The average molecular weight is 725 g/mol. The molecule has 6 saturated carbocycles. The molecule has 6 aliphatic carbocycles. The van der Waals surface area contributed by atoms with Crippen molar-refractivity contribution in [3.63, 3.8) is 0 Å². The Bertz CT molecular complexity index is 1550. The predicted molar refractivity (Wildman–Crippen MR) is 193 cm³/mol. The lowest BCUT2D eigenvalue weighted by Crippen LogP contribution is -2.60. The number of benzene rings is 1. The molecule has 7 nitrogen and oxygen atoms in total. The van der Waals surface area contributed by atoms with Gasteiger partial charge in [0.25, 0.3) is 0 Å². The molecule has 2 aliphatic heterocycles. The number of hydrogen-bond acceptors (Lipinski definition) is 6. The zero-order valence-corrected chi connectivity index (χ0v) is 32.1. The first-order chi connectivity index (χ1) is 24.7. The third kappa shape index (κ3) is 5.28. The summed E-state index contributed by atoms with van der Waals surface area (Å²) < 4.78 is 47.4. The van der Waals surface area contributed by atoms with Crippen molar-refractivity contribution in [3.8, 4) is 0 Å². The van der Waals surface area contributed by atoms with Crippen molar-refractivity contribution in [1.82, 2.24) is 10.2 Å². The summed E-state index contributed by atoms with van der Waals surface area (Å²) in [6.07, 6.45) is 11.1. The summed E-state index contributed by atoms with van der Waals surface area (Å²) in [5.74, 6) is 1.47. The minimum atomic E-state index is -0.562. The van der Waals surface area contributed by atoms with Gasteiger partial charge < -0.3 is 29.5 Å². The van der Waals surface area contributed by atoms with Gasteiger partial charge in [-0.2, -0.15) is 0 Å². The number of carbonyl (C=O) groups is 1. The fourth-order valence-electron chi connectivity index (χ4n) is 14.7. The van der Waals surface area contributed by atoms with Crippen LogP contribution in [-0.4, -0.2) is 72.9 Å². The minimum Gasteiger partial charge on any atom is -0.390 e. The molecule has 8 fully saturated rings. The molecule has 52 heavy (non-hydrogen) atoms. The highest BCUT2D eigenvalue weighted by atomic mass is 19.1. The normalized spacial score (nSPS) is 47.5. The van der Waals surface area contributed by atoms with E-state index in [4.69, 9.17) is 14.2 Å². The van der Waals surface area contributed by atoms with E-state index in [1.54, 1.807) is 0 Å². The van der Waals surface area contributed by atoms with Crippen LogP contribution in [0.3, 0.4) is 0 Å². The van der Waals surface area contributed by atoms with Gasteiger partial charge in [-0.1, -0.05) is 34.6 Å². The van der Waals surface area contributed by atoms with Crippen molar-refractivity contribution in [2.75, 3.05) is 26.2 Å². The second kappa shape index (κ2) is 12.4. The van der Waals surface area contributed by atoms with E-state index in [0.717, 1.165) is 38.2 Å². The maximum absolute atomic E-state index is 13.8. The molecule has 13 atom stereocenters. The first-order valence-corrected chi connectivity index (χ1v) is 20.8. The number of ether oxygens (including phenoxy) is 3. The van der Waals surface area contributed by atoms with E-state index in [1.165, 1.54) is 44.2 Å². The van der Waals surface area contributed by atoms with Crippen LogP contribution in [0.5, 0.6) is 0 Å². The lowest BCUT2D eigenvalue weighted by Gasteiger charge is -2.64. The molecular weight excluding hydrogens is 662 g/mol. The fourth-order valence-corrected chi connectivity index (χ4v) is 14.7. The topological polar surface area (TPSA) is 80.3 Å². The van der Waals surface area contributed by atoms with E-state index in [1.807, 2.05) is 4.90 Å². The number of nitrogens with zero attached hydrogens (tertiary/aromatic N) is 1. The Morgan fingerprint density at radius 2 is 1.73 bits per heavy atom. The van der Waals surface area contributed by atoms with E-state index < -0.39 is 17.7 Å². The van der Waals surface area contributed by atoms with Gasteiger partial charge in [0.05, 0.1) is 37.6 Å². The SMILES string of the molecule is C[C@@H]1CC(CNCc2cc(F)cc(F)c2)OC2C1[C@@]1(C)CC[C@@]34C[C@@]35CCC(O[C@H]3CN(C(=O)CC6CC6)CCO3)C(C)(C)[C@@H]5CC[C@H]4[C@]1(C)[C@H]2O. The maximum atomic E-state index is 13.8. The molecule has 0 bridgehead atoms. The van der Waals surface area contributed by atoms with Gasteiger partial charge in [0.1, 0.15) is 11.6 Å². The van der Waals surface area contributed by atoms with Crippen molar-refractivity contribution in [1.29, 1.82) is 0 Å². The summed E-state index contributed by atoms with van der Waals surface area (Å²) in [6.45, 7) is 14.9. The van der Waals surface area contributed by atoms with E-state index in [0.29, 0.717) is 79.8 Å². The molecule has 4 unspecified atom stereocenters. The molecule has 0 aromatic heterocycles. The molecule has 1 aromatic carbocycles. The molecule has 0 radical (unpaired) electrons. The Morgan fingerprint density at radius 3 is 2.48 bits per heavy atom. The smallest absolute Gasteiger partial charge is 0.223 e. The lowest BCUT2D eigenvalue weighted by atomic mass is 9.41. The van der Waals surface area contributed by atoms with Crippen molar-refractivity contribution in [3.05, 3.63) is 35.4 Å². The van der Waals surface area contributed by atoms with Gasteiger partial charge in [-0.25, -0.2) is 8.78 Å². The second-order valence-electron chi connectivity index (χ2n) is 20.0. The van der Waals surface area contributed by atoms with Crippen molar-refractivity contribution >= 4 is 5.91 Å². The Morgan fingerprint density at radius 1 is 1.00 bits per heavy atom. The highest BCUT2D eigenvalue weighted by Gasteiger charge is 2.84. The van der Waals surface area contributed by atoms with Crippen LogP contribution in [-0.2, 0) is 25.5 Å². The molecule has 2 N–H and O–H groups in total. The molecule has 1 aromatic rings. The Hall–Kier alpha value is -1.65. The van der Waals surface area contributed by atoms with Crippen LogP contribution in [0.15, 0.2) is 18.2 Å². The largest absolute Gasteiger partial charge is 0.390 e. The van der Waals surface area contributed by atoms with Gasteiger partial charge >= 0.3 is 0 Å². The summed E-state index contributed by atoms with van der Waals surface area (Å²) >= 11 is 0. The van der Waals surface area contributed by atoms with Gasteiger partial charge in [0, 0.05) is 37.5 Å². The average Bonchev–Trinajstić information content (AvgIpc) is 4.01. The lowest BCUT2D eigenvalue weighted by molar-refractivity contribution is -0.248. The predicted octanol–water partition coefficient (Wildman–Crippen LogP) is 7.24. The van der Waals surface area contributed by atoms with Crippen LogP contribution in [0.25, 0.3) is 0 Å². The molecule has 9 heteroatoms. The summed E-state index contributed by atoms with van der Waals surface area (Å²) in [7, 11) is 0. The molecule has 2 heterocycles. The molecule has 2 saturated heterocycles. The second-order valence-corrected chi connectivity index (χ2v) is 20.0. The van der Waals surface area contributed by atoms with Gasteiger partial charge in [-0.15, -0.1) is 0 Å². The van der Waals surface area contributed by atoms with Gasteiger partial charge in [0.15, 0.2) is 6.29 Å². The van der Waals surface area contributed by atoms with Crippen molar-refractivity contribution < 1.29 is 32.9 Å². The number of rotatable bonds is 8. The fraction of sp³-hybridized carbons (Fsp3) is 0.837. The van der Waals surface area contributed by atoms with Crippen molar-refractivity contribution in [2.45, 2.75) is 142 Å². The Balaban J connectivity index is 0.886. The van der Waals surface area contributed by atoms with Crippen LogP contribution in [0, 0.1) is 68.3 Å². The molecular formula is C43H62F2N2O5. The summed E-state index contributed by atoms with van der Waals surface area (Å²) in [4.78, 5) is 14.9. The molecule has 1 amide bonds. The van der Waals surface area contributed by atoms with Crippen LogP contribution in [0.1, 0.15) is 111 Å². The highest BCUT2D eigenvalue weighted by molar-refractivity contribution is 5.76. The van der Waals surface area contributed by atoms with E-state index in [-0.39, 0.29) is 52.2 Å². The Labute approximate surface area is 309 Å². The van der Waals surface area contributed by atoms with Crippen LogP contribution < -0.4 is 5.32 Å². The standard InChI is InChI=1S/C43H62F2N2O5/c1-25-16-30(22-46-21-27-17-28(44)20-29(45)18-27)51-37-36(25)40(4)12-13-43-24-42(43)11-10-33(39(2,3)31(42)8-9-32(43)41(40,5)38(37)49)52-35-23-47(14-15-50-35)34(48)19-26-6-7-26/h17-18,20,25-26,30-33,35-38,46,49H,6-16,19,21-24H2,1-5H3/t25-,30?,31+,32+,33?,35+,36?,37?,38+,40-,41-,42-,43+/m1/s1. The third-order valence-electron chi connectivity index (χ3n) is 17.3. The zero-order chi connectivity index (χ0) is 36.4. The van der Waals surface area contributed by atoms with Gasteiger partial charge in [-0.3, -0.25) is 4.79 Å². The highest BCUT2D eigenvalue weighted by Crippen LogP contribution is 2.89. The van der Waals surface area contributed by atoms with Crippen LogP contribution >= 0.6 is 0 Å². The van der Waals surface area contributed by atoms with Gasteiger partial charge in [0.2, 0.25) is 5.91 Å². The number of hydrogen-bond donors (Lipinski definition) is 2. The number of halogens is 2. The van der Waals surface area contributed by atoms with E-state index >= 15 is 0 Å². The summed E-state index contributed by atoms with van der Waals surface area (Å²) in [5, 5.41) is 15.9. The zero-order valence-electron chi connectivity index (χ0n) is 32.1. The maximum Gasteiger partial charge on any atom is 0.223 e. The molecule has 2 spiro atoms. The number of amides is 1. The number of carbonyl (C=O) groups excluding carboxylic acids is 1. The molecule has 288 valence electrons. The van der Waals surface area contributed by atoms with Crippen molar-refractivity contribution in [2.24, 2.45) is 56.7 Å². The van der Waals surface area contributed by atoms with Gasteiger partial charge in [-0.05, 0) is 133 Å². The minimum absolute atomic E-state index is 0.00249. The number of aliphatic hydroxyl groups excluding tert-OH is 1. The number of morpholine rings is 1. The summed E-state index contributed by atoms with van der Waals surface area (Å²) in [5.41, 5.74) is 0.908. The molecule has 9 rings (SSSR count). The first-order valence-electron chi connectivity index (χ1n) is 20.8. The number of fused-ring (bicyclic) bond motifs is 4. The summed E-state index contributed by atoms with van der Waals surface area (Å²) in [6, 6.07) is 3.65. The quantitative estimate of drug-likeness (QED) is 0.295. The number of aliphatic hydroxyl groups is 1. The van der Waals surface area contributed by atoms with E-state index in [9.17, 15) is 18.7 Å². The van der Waals surface area contributed by atoms with E-state index in [2.05, 4.69) is 39.9 Å². The third-order valence-corrected chi connectivity index (χ3v) is 17.3. The first kappa shape index (κ1) is 36.0. The Kier molecular flexibility index (Phi) is 8.61. The molecule has 8 aliphatic rings. The number of nitrogens with one attached hydrogen (secondary N) is 1. The van der Waals surface area contributed by atoms with Crippen LogP contribution in [0.4, 0.5) is 8.78 Å². The monoisotopic (exact) mass is 724 g/mol. The van der Waals surface area contributed by atoms with Crippen LogP contribution in [0.2, 0.25) is 0 Å².